The summed E-state index contributed by atoms with van der Waals surface area (Å²) >= 11 is 0. The van der Waals surface area contributed by atoms with Crippen molar-refractivity contribution in [1.29, 1.82) is 0 Å². The van der Waals surface area contributed by atoms with Crippen LogP contribution in [0.1, 0.15) is 18.4 Å². The second-order valence-electron chi connectivity index (χ2n) is 2.87. The van der Waals surface area contributed by atoms with Gasteiger partial charge in [0.15, 0.2) is 5.57 Å². The summed E-state index contributed by atoms with van der Waals surface area (Å²) in [5.41, 5.74) is -2.19. The van der Waals surface area contributed by atoms with Crippen molar-refractivity contribution in [3.05, 3.63) is 35.9 Å². The lowest BCUT2D eigenvalue weighted by atomic mass is 10.0. The molecule has 0 aliphatic rings. The first-order valence-electron chi connectivity index (χ1n) is 4.14. The van der Waals surface area contributed by atoms with Crippen molar-refractivity contribution < 1.29 is 26.6 Å². The van der Waals surface area contributed by atoms with Crippen molar-refractivity contribution >= 4 is 0 Å². The fourth-order valence-electron chi connectivity index (χ4n) is 0.931. The van der Waals surface area contributed by atoms with Crippen molar-refractivity contribution in [3.8, 4) is 0 Å². The predicted octanol–water partition coefficient (Wildman–Crippen LogP) is 4.29. The highest BCUT2D eigenvalue weighted by molar-refractivity contribution is 5.19. The molecule has 1 atom stereocenters. The molecule has 1 rings (SSSR count). The van der Waals surface area contributed by atoms with Crippen LogP contribution >= 0.6 is 0 Å². The molecule has 0 saturated carbocycles. The fraction of sp³-hybridized carbons (Fsp3) is 0.333. The number of rotatable bonds is 1. The minimum absolute atomic E-state index is 0.310. The van der Waals surface area contributed by atoms with Gasteiger partial charge < -0.3 is 0 Å². The third-order valence-corrected chi connectivity index (χ3v) is 1.79. The van der Waals surface area contributed by atoms with Crippen LogP contribution in [0.4, 0.5) is 26.6 Å². The zero-order chi connectivity index (χ0) is 12.8. The molecular weight excluding hydrogens is 236 g/mol. The summed E-state index contributed by atoms with van der Waals surface area (Å²) in [7, 11) is 0. The highest BCUT2D eigenvalue weighted by Gasteiger charge is 2.36. The number of nitrogens with zero attached hydrogens (tertiary/aromatic N) is 1. The summed E-state index contributed by atoms with van der Waals surface area (Å²) in [5, 5.41) is 0. The first-order chi connectivity index (χ1) is 7.25. The number of hydrogen-bond donors (Lipinski definition) is 0. The summed E-state index contributed by atoms with van der Waals surface area (Å²) in [5.74, 6) is -1.38. The van der Waals surface area contributed by atoms with Gasteiger partial charge in [0, 0.05) is 0 Å². The number of hydrogen-bond acceptors (Lipinski definition) is 1. The van der Waals surface area contributed by atoms with E-state index in [0.717, 1.165) is 6.92 Å². The number of alkyl halides is 3. The van der Waals surface area contributed by atoms with Gasteiger partial charge in [-0.1, -0.05) is 43.8 Å². The van der Waals surface area contributed by atoms with Crippen molar-refractivity contribution in [2.24, 2.45) is 0 Å². The molecule has 0 fully saturated rings. The molecule has 1 aromatic rings. The van der Waals surface area contributed by atoms with Crippen molar-refractivity contribution in [2.75, 3.05) is 0 Å². The Morgan fingerprint density at radius 1 is 1.00 bits per heavy atom. The molecule has 1 unspecified atom stereocenters. The normalized spacial score (nSPS) is 13.0. The Balaban J connectivity index is 0.000000487. The fourth-order valence-corrected chi connectivity index (χ4v) is 0.931. The Bertz CT molecular complexity index is 281. The molecule has 0 heterocycles. The molecule has 0 aromatic heterocycles. The molecule has 0 bridgehead atoms. The van der Waals surface area contributed by atoms with E-state index in [4.69, 9.17) is 0 Å². The molecule has 0 aliphatic carbocycles. The maximum Gasteiger partial charge on any atom is 0.395 e. The van der Waals surface area contributed by atoms with E-state index in [9.17, 15) is 26.6 Å². The van der Waals surface area contributed by atoms with Crippen LogP contribution < -0.4 is 0 Å². The molecular formula is C9H9F6N. The Hall–Kier alpha value is -1.24. The maximum absolute atomic E-state index is 12.1. The standard InChI is InChI=1S/C9H9F3.F3N/c1-7(9(10,11)12)8-5-3-2-4-6-8;1-4(2)3/h2-7H,1H3;. The monoisotopic (exact) mass is 245 g/mol. The minimum Gasteiger partial charge on any atom is -0.170 e. The zero-order valence-corrected chi connectivity index (χ0v) is 8.18. The van der Waals surface area contributed by atoms with Crippen LogP contribution in [0.2, 0.25) is 0 Å². The largest absolute Gasteiger partial charge is 0.395 e. The van der Waals surface area contributed by atoms with Crippen LogP contribution in [0.15, 0.2) is 30.3 Å². The lowest BCUT2D eigenvalue weighted by Gasteiger charge is -2.15. The van der Waals surface area contributed by atoms with Gasteiger partial charge in [0.2, 0.25) is 0 Å². The van der Waals surface area contributed by atoms with Crippen molar-refractivity contribution in [1.82, 2.24) is 5.57 Å². The predicted molar refractivity (Wildman–Crippen MR) is 46.1 cm³/mol. The summed E-state index contributed by atoms with van der Waals surface area (Å²) in [6.07, 6.45) is -4.14. The van der Waals surface area contributed by atoms with Gasteiger partial charge in [-0.3, -0.25) is 0 Å². The molecule has 16 heavy (non-hydrogen) atoms. The second-order valence-corrected chi connectivity index (χ2v) is 2.87. The SMILES string of the molecule is CC(c1ccccc1)C(F)(F)F.FN(F)F. The molecule has 92 valence electrons. The van der Waals surface area contributed by atoms with Crippen LogP contribution in [0.25, 0.3) is 0 Å². The summed E-state index contributed by atoms with van der Waals surface area (Å²) in [6.45, 7) is 1.16. The topological polar surface area (TPSA) is 3.24 Å². The Morgan fingerprint density at radius 2 is 1.38 bits per heavy atom. The summed E-state index contributed by atoms with van der Waals surface area (Å²) in [6, 6.07) is 7.89. The first kappa shape index (κ1) is 14.8. The van der Waals surface area contributed by atoms with Gasteiger partial charge in [0.05, 0.1) is 5.92 Å². The molecule has 0 aliphatic heterocycles. The van der Waals surface area contributed by atoms with Gasteiger partial charge in [0.1, 0.15) is 0 Å². The van der Waals surface area contributed by atoms with Gasteiger partial charge in [-0.05, 0) is 12.5 Å². The molecule has 0 radical (unpaired) electrons. The minimum atomic E-state index is -4.14. The molecule has 1 aromatic carbocycles. The van der Waals surface area contributed by atoms with Gasteiger partial charge >= 0.3 is 6.18 Å². The van der Waals surface area contributed by atoms with Crippen LogP contribution in [-0.2, 0) is 0 Å². The average molecular weight is 245 g/mol. The number of benzene rings is 1. The van der Waals surface area contributed by atoms with Crippen LogP contribution in [0.5, 0.6) is 0 Å². The summed E-state index contributed by atoms with van der Waals surface area (Å²) < 4.78 is 64.9. The Kier molecular flexibility index (Phi) is 5.87. The van der Waals surface area contributed by atoms with Gasteiger partial charge in [-0.25, -0.2) is 0 Å². The van der Waals surface area contributed by atoms with E-state index in [-0.39, 0.29) is 0 Å². The van der Waals surface area contributed by atoms with Crippen molar-refractivity contribution in [3.63, 3.8) is 0 Å². The van der Waals surface area contributed by atoms with Gasteiger partial charge in [-0.2, -0.15) is 13.2 Å². The van der Waals surface area contributed by atoms with Gasteiger partial charge in [0.25, 0.3) is 0 Å². The number of halogens is 6. The van der Waals surface area contributed by atoms with E-state index in [1.807, 2.05) is 0 Å². The van der Waals surface area contributed by atoms with E-state index in [0.29, 0.717) is 5.56 Å². The maximum atomic E-state index is 12.1. The zero-order valence-electron chi connectivity index (χ0n) is 8.18. The van der Waals surface area contributed by atoms with E-state index in [1.54, 1.807) is 18.2 Å². The highest BCUT2D eigenvalue weighted by Crippen LogP contribution is 2.33. The molecule has 0 spiro atoms. The van der Waals surface area contributed by atoms with E-state index >= 15 is 0 Å². The Labute approximate surface area is 88.1 Å². The quantitative estimate of drug-likeness (QED) is 0.526. The lowest BCUT2D eigenvalue weighted by Crippen LogP contribution is -2.17. The first-order valence-corrected chi connectivity index (χ1v) is 4.14. The van der Waals surface area contributed by atoms with Crippen LogP contribution in [0.3, 0.4) is 0 Å². The van der Waals surface area contributed by atoms with E-state index in [1.165, 1.54) is 12.1 Å². The van der Waals surface area contributed by atoms with E-state index < -0.39 is 17.7 Å². The van der Waals surface area contributed by atoms with Crippen LogP contribution in [-0.4, -0.2) is 11.7 Å². The average Bonchev–Trinajstić information content (AvgIpc) is 2.16. The molecule has 1 nitrogen and oxygen atoms in total. The van der Waals surface area contributed by atoms with Gasteiger partial charge in [-0.15, -0.1) is 0 Å². The second kappa shape index (κ2) is 6.37. The Morgan fingerprint density at radius 3 is 1.69 bits per heavy atom. The molecule has 7 heteroatoms. The summed E-state index contributed by atoms with van der Waals surface area (Å²) in [4.78, 5) is 0. The third kappa shape index (κ3) is 6.28. The van der Waals surface area contributed by atoms with E-state index in [2.05, 4.69) is 0 Å². The third-order valence-electron chi connectivity index (χ3n) is 1.79. The smallest absolute Gasteiger partial charge is 0.170 e. The lowest BCUT2D eigenvalue weighted by molar-refractivity contribution is -0.295. The highest BCUT2D eigenvalue weighted by atomic mass is 19.5. The molecule has 0 saturated heterocycles. The molecule has 0 N–H and O–H groups in total. The van der Waals surface area contributed by atoms with Crippen LogP contribution in [0, 0.1) is 0 Å². The molecule has 0 amide bonds. The van der Waals surface area contributed by atoms with Crippen molar-refractivity contribution in [2.45, 2.75) is 19.0 Å².